The van der Waals surface area contributed by atoms with E-state index in [1.54, 1.807) is 6.92 Å². The average molecular weight is 358 g/mol. The van der Waals surface area contributed by atoms with E-state index in [9.17, 15) is 17.6 Å². The van der Waals surface area contributed by atoms with Gasteiger partial charge in [-0.05, 0) is 12.1 Å². The van der Waals surface area contributed by atoms with E-state index in [4.69, 9.17) is 23.2 Å². The standard InChI is InChI=1S/C12H14Cl2FNO4S/c1-3-16(7-6-10(17)20-2)21(18,19)9-5-4-8(13)12(15)11(9)14/h4-5H,3,6-7H2,1-2H3. The zero-order valence-corrected chi connectivity index (χ0v) is 13.7. The van der Waals surface area contributed by atoms with Gasteiger partial charge >= 0.3 is 5.97 Å². The number of rotatable bonds is 6. The van der Waals surface area contributed by atoms with Crippen molar-refractivity contribution >= 4 is 39.2 Å². The number of sulfonamides is 1. The highest BCUT2D eigenvalue weighted by molar-refractivity contribution is 7.89. The zero-order chi connectivity index (χ0) is 16.2. The van der Waals surface area contributed by atoms with Gasteiger partial charge in [0.25, 0.3) is 0 Å². The number of hydrogen-bond donors (Lipinski definition) is 0. The predicted octanol–water partition coefficient (Wildman–Crippen LogP) is 2.71. The molecule has 0 aliphatic heterocycles. The van der Waals surface area contributed by atoms with Crippen molar-refractivity contribution in [3.63, 3.8) is 0 Å². The molecule has 0 bridgehead atoms. The lowest BCUT2D eigenvalue weighted by molar-refractivity contribution is -0.140. The third-order valence-electron chi connectivity index (χ3n) is 2.76. The number of benzene rings is 1. The Hall–Kier alpha value is -0.890. The molecule has 118 valence electrons. The Labute approximate surface area is 132 Å². The largest absolute Gasteiger partial charge is 0.469 e. The van der Waals surface area contributed by atoms with Crippen molar-refractivity contribution in [2.75, 3.05) is 20.2 Å². The summed E-state index contributed by atoms with van der Waals surface area (Å²) in [7, 11) is -2.82. The molecule has 0 aliphatic carbocycles. The second-order valence-electron chi connectivity index (χ2n) is 4.00. The molecule has 0 unspecified atom stereocenters. The molecule has 0 radical (unpaired) electrons. The average Bonchev–Trinajstić information content (AvgIpc) is 2.44. The van der Waals surface area contributed by atoms with Gasteiger partial charge in [-0.3, -0.25) is 4.79 Å². The second kappa shape index (κ2) is 7.40. The Bertz CT molecular complexity index is 636. The Morgan fingerprint density at radius 1 is 1.38 bits per heavy atom. The first-order valence-electron chi connectivity index (χ1n) is 5.96. The molecule has 9 heteroatoms. The molecule has 1 aromatic rings. The summed E-state index contributed by atoms with van der Waals surface area (Å²) >= 11 is 11.3. The minimum Gasteiger partial charge on any atom is -0.469 e. The van der Waals surface area contributed by atoms with Gasteiger partial charge in [0.05, 0.1) is 23.6 Å². The molecule has 0 saturated carbocycles. The maximum absolute atomic E-state index is 13.6. The van der Waals surface area contributed by atoms with Crippen LogP contribution in [0.1, 0.15) is 13.3 Å². The van der Waals surface area contributed by atoms with Crippen molar-refractivity contribution in [2.45, 2.75) is 18.2 Å². The lowest BCUT2D eigenvalue weighted by Crippen LogP contribution is -2.33. The molecule has 1 rings (SSSR count). The number of hydrogen-bond acceptors (Lipinski definition) is 4. The summed E-state index contributed by atoms with van der Waals surface area (Å²) in [5.74, 6) is -1.54. The third-order valence-corrected chi connectivity index (χ3v) is 5.55. The molecule has 0 aliphatic rings. The van der Waals surface area contributed by atoms with Gasteiger partial charge in [-0.25, -0.2) is 12.8 Å². The summed E-state index contributed by atoms with van der Waals surface area (Å²) in [5.41, 5.74) is 0. The van der Waals surface area contributed by atoms with E-state index in [0.29, 0.717) is 0 Å². The minimum absolute atomic E-state index is 0.0912. The smallest absolute Gasteiger partial charge is 0.306 e. The number of nitrogens with zero attached hydrogens (tertiary/aromatic N) is 1. The fourth-order valence-electron chi connectivity index (χ4n) is 1.61. The van der Waals surface area contributed by atoms with Crippen LogP contribution < -0.4 is 0 Å². The lowest BCUT2D eigenvalue weighted by atomic mass is 10.3. The molecule has 0 heterocycles. The monoisotopic (exact) mass is 357 g/mol. The minimum atomic E-state index is -4.03. The second-order valence-corrected chi connectivity index (χ2v) is 6.69. The van der Waals surface area contributed by atoms with Gasteiger partial charge in [0.2, 0.25) is 10.0 Å². The van der Waals surface area contributed by atoms with Crippen molar-refractivity contribution in [2.24, 2.45) is 0 Å². The van der Waals surface area contributed by atoms with E-state index < -0.39 is 31.7 Å². The van der Waals surface area contributed by atoms with Crippen LogP contribution in [0.3, 0.4) is 0 Å². The molecule has 0 N–H and O–H groups in total. The van der Waals surface area contributed by atoms with Gasteiger partial charge in [0.1, 0.15) is 4.90 Å². The fourth-order valence-corrected chi connectivity index (χ4v) is 3.78. The molecule has 0 amide bonds. The molecular formula is C12H14Cl2FNO4S. The third kappa shape index (κ3) is 4.06. The number of halogens is 3. The summed E-state index contributed by atoms with van der Waals surface area (Å²) in [6.45, 7) is 1.60. The van der Waals surface area contributed by atoms with Crippen molar-refractivity contribution in [1.29, 1.82) is 0 Å². The molecule has 0 aromatic heterocycles. The summed E-state index contributed by atoms with van der Waals surface area (Å²) in [6, 6.07) is 2.24. The zero-order valence-electron chi connectivity index (χ0n) is 11.4. The van der Waals surface area contributed by atoms with E-state index in [2.05, 4.69) is 4.74 Å². The Balaban J connectivity index is 3.13. The van der Waals surface area contributed by atoms with E-state index >= 15 is 0 Å². The lowest BCUT2D eigenvalue weighted by Gasteiger charge is -2.20. The Morgan fingerprint density at radius 3 is 2.52 bits per heavy atom. The van der Waals surface area contributed by atoms with Crippen LogP contribution in [-0.4, -0.2) is 38.9 Å². The van der Waals surface area contributed by atoms with E-state index in [1.165, 1.54) is 7.11 Å². The first-order valence-corrected chi connectivity index (χ1v) is 8.15. The van der Waals surface area contributed by atoms with Crippen LogP contribution in [-0.2, 0) is 19.6 Å². The summed E-state index contributed by atoms with van der Waals surface area (Å²) in [5, 5.41) is -0.837. The molecule has 1 aromatic carbocycles. The fraction of sp³-hybridized carbons (Fsp3) is 0.417. The van der Waals surface area contributed by atoms with Crippen LogP contribution >= 0.6 is 23.2 Å². The van der Waals surface area contributed by atoms with E-state index in [1.807, 2.05) is 0 Å². The summed E-state index contributed by atoms with van der Waals surface area (Å²) in [4.78, 5) is 10.7. The summed E-state index contributed by atoms with van der Waals surface area (Å²) < 4.78 is 44.0. The van der Waals surface area contributed by atoms with Gasteiger partial charge in [-0.15, -0.1) is 0 Å². The molecule has 0 spiro atoms. The Kier molecular flexibility index (Phi) is 6.40. The van der Waals surface area contributed by atoms with E-state index in [-0.39, 0.29) is 24.5 Å². The highest BCUT2D eigenvalue weighted by Crippen LogP contribution is 2.31. The van der Waals surface area contributed by atoms with Crippen molar-refractivity contribution in [3.8, 4) is 0 Å². The van der Waals surface area contributed by atoms with Crippen LogP contribution in [0.4, 0.5) is 4.39 Å². The first kappa shape index (κ1) is 18.2. The normalized spacial score (nSPS) is 11.7. The Morgan fingerprint density at radius 2 is 2.00 bits per heavy atom. The van der Waals surface area contributed by atoms with Crippen LogP contribution in [0.5, 0.6) is 0 Å². The maximum Gasteiger partial charge on any atom is 0.306 e. The molecule has 0 fully saturated rings. The number of methoxy groups -OCH3 is 1. The van der Waals surface area contributed by atoms with Crippen LogP contribution in [0.25, 0.3) is 0 Å². The highest BCUT2D eigenvalue weighted by Gasteiger charge is 2.28. The number of carbonyl (C=O) groups excluding carboxylic acids is 1. The number of esters is 1. The van der Waals surface area contributed by atoms with Crippen molar-refractivity contribution in [1.82, 2.24) is 4.31 Å². The SMILES string of the molecule is CCN(CCC(=O)OC)S(=O)(=O)c1ccc(Cl)c(F)c1Cl. The van der Waals surface area contributed by atoms with Crippen LogP contribution in [0.2, 0.25) is 10.0 Å². The topological polar surface area (TPSA) is 63.7 Å². The number of ether oxygens (including phenoxy) is 1. The quantitative estimate of drug-likeness (QED) is 0.579. The van der Waals surface area contributed by atoms with Gasteiger partial charge in [0.15, 0.2) is 5.82 Å². The first-order chi connectivity index (χ1) is 9.75. The van der Waals surface area contributed by atoms with Gasteiger partial charge in [-0.1, -0.05) is 30.1 Å². The van der Waals surface area contributed by atoms with Gasteiger partial charge in [0, 0.05) is 13.1 Å². The molecular weight excluding hydrogens is 344 g/mol. The van der Waals surface area contributed by atoms with Crippen molar-refractivity contribution < 1.29 is 22.3 Å². The molecule has 21 heavy (non-hydrogen) atoms. The van der Waals surface area contributed by atoms with Crippen LogP contribution in [0, 0.1) is 5.82 Å². The van der Waals surface area contributed by atoms with Gasteiger partial charge < -0.3 is 4.74 Å². The number of carbonyl (C=O) groups is 1. The van der Waals surface area contributed by atoms with Crippen molar-refractivity contribution in [3.05, 3.63) is 28.0 Å². The van der Waals surface area contributed by atoms with E-state index in [0.717, 1.165) is 16.4 Å². The molecule has 5 nitrogen and oxygen atoms in total. The maximum atomic E-state index is 13.6. The molecule has 0 saturated heterocycles. The van der Waals surface area contributed by atoms with Gasteiger partial charge in [-0.2, -0.15) is 4.31 Å². The molecule has 0 atom stereocenters. The predicted molar refractivity (Wildman–Crippen MR) is 77.5 cm³/mol. The summed E-state index contributed by atoms with van der Waals surface area (Å²) in [6.07, 6.45) is -0.114. The highest BCUT2D eigenvalue weighted by atomic mass is 35.5. The van der Waals surface area contributed by atoms with Crippen LogP contribution in [0.15, 0.2) is 17.0 Å².